The van der Waals surface area contributed by atoms with Gasteiger partial charge in [0, 0.05) is 19.2 Å². The molecule has 1 aliphatic heterocycles. The van der Waals surface area contributed by atoms with Gasteiger partial charge in [0.1, 0.15) is 11.6 Å². The lowest BCUT2D eigenvalue weighted by atomic mass is 10.3. The van der Waals surface area contributed by atoms with E-state index in [1.165, 1.54) is 23.1 Å². The number of nitrogens with zero attached hydrogens (tertiary/aromatic N) is 3. The van der Waals surface area contributed by atoms with Crippen LogP contribution in [0.25, 0.3) is 0 Å². The number of amides is 1. The van der Waals surface area contributed by atoms with Crippen LogP contribution >= 0.6 is 23.1 Å². The SMILES string of the molecule is O=C(CSc1nnc(N2CCCC2)s1)Nc1cc(F)ccc1F. The number of nitrogens with one attached hydrogen (secondary N) is 1. The molecule has 0 spiro atoms. The first kappa shape index (κ1) is 16.1. The maximum atomic E-state index is 13.5. The van der Waals surface area contributed by atoms with E-state index in [1.54, 1.807) is 0 Å². The molecular formula is C14H14F2N4OS2. The summed E-state index contributed by atoms with van der Waals surface area (Å²) < 4.78 is 27.2. The highest BCUT2D eigenvalue weighted by Crippen LogP contribution is 2.30. The maximum absolute atomic E-state index is 13.5. The smallest absolute Gasteiger partial charge is 0.234 e. The van der Waals surface area contributed by atoms with Crippen molar-refractivity contribution in [3.63, 3.8) is 0 Å². The third kappa shape index (κ3) is 4.17. The fourth-order valence-electron chi connectivity index (χ4n) is 2.20. The molecule has 9 heteroatoms. The minimum absolute atomic E-state index is 0.0601. The number of halogens is 2. The molecule has 1 aromatic carbocycles. The lowest BCUT2D eigenvalue weighted by molar-refractivity contribution is -0.113. The van der Waals surface area contributed by atoms with Crippen molar-refractivity contribution < 1.29 is 13.6 Å². The summed E-state index contributed by atoms with van der Waals surface area (Å²) in [7, 11) is 0. The molecular weight excluding hydrogens is 342 g/mol. The first-order valence-corrected chi connectivity index (χ1v) is 8.88. The third-order valence-electron chi connectivity index (χ3n) is 3.30. The Kier molecular flexibility index (Phi) is 5.06. The maximum Gasteiger partial charge on any atom is 0.234 e. The van der Waals surface area contributed by atoms with E-state index >= 15 is 0 Å². The number of rotatable bonds is 5. The highest BCUT2D eigenvalue weighted by atomic mass is 32.2. The van der Waals surface area contributed by atoms with Gasteiger partial charge < -0.3 is 10.2 Å². The Morgan fingerprint density at radius 1 is 1.30 bits per heavy atom. The molecule has 5 nitrogen and oxygen atoms in total. The Balaban J connectivity index is 1.53. The van der Waals surface area contributed by atoms with Crippen LogP contribution in [-0.4, -0.2) is 34.9 Å². The quantitative estimate of drug-likeness (QED) is 0.834. The second kappa shape index (κ2) is 7.22. The van der Waals surface area contributed by atoms with Crippen LogP contribution in [0.15, 0.2) is 22.5 Å². The van der Waals surface area contributed by atoms with Crippen LogP contribution in [0.4, 0.5) is 19.6 Å². The zero-order valence-electron chi connectivity index (χ0n) is 12.1. The van der Waals surface area contributed by atoms with Crippen molar-refractivity contribution in [2.75, 3.05) is 29.1 Å². The van der Waals surface area contributed by atoms with Gasteiger partial charge in [0.25, 0.3) is 0 Å². The van der Waals surface area contributed by atoms with E-state index in [0.717, 1.165) is 49.3 Å². The molecule has 0 unspecified atom stereocenters. The van der Waals surface area contributed by atoms with Crippen molar-refractivity contribution in [2.45, 2.75) is 17.2 Å². The zero-order chi connectivity index (χ0) is 16.2. The molecule has 1 saturated heterocycles. The van der Waals surface area contributed by atoms with Crippen molar-refractivity contribution in [2.24, 2.45) is 0 Å². The Morgan fingerprint density at radius 2 is 2.09 bits per heavy atom. The van der Waals surface area contributed by atoms with Crippen LogP contribution in [0.1, 0.15) is 12.8 Å². The van der Waals surface area contributed by atoms with Crippen LogP contribution in [0.2, 0.25) is 0 Å². The molecule has 0 saturated carbocycles. The Labute approximate surface area is 140 Å². The van der Waals surface area contributed by atoms with Gasteiger partial charge in [-0.3, -0.25) is 4.79 Å². The largest absolute Gasteiger partial charge is 0.347 e. The fraction of sp³-hybridized carbons (Fsp3) is 0.357. The van der Waals surface area contributed by atoms with Gasteiger partial charge in [-0.25, -0.2) is 8.78 Å². The average Bonchev–Trinajstić information content (AvgIpc) is 3.19. The summed E-state index contributed by atoms with van der Waals surface area (Å²) in [4.78, 5) is 14.0. The van der Waals surface area contributed by atoms with Gasteiger partial charge in [-0.2, -0.15) is 0 Å². The molecule has 1 aliphatic rings. The van der Waals surface area contributed by atoms with E-state index in [-0.39, 0.29) is 11.4 Å². The van der Waals surface area contributed by atoms with Crippen molar-refractivity contribution in [3.05, 3.63) is 29.8 Å². The van der Waals surface area contributed by atoms with Gasteiger partial charge in [-0.1, -0.05) is 23.1 Å². The highest BCUT2D eigenvalue weighted by Gasteiger charge is 2.17. The van der Waals surface area contributed by atoms with E-state index < -0.39 is 17.5 Å². The summed E-state index contributed by atoms with van der Waals surface area (Å²) >= 11 is 2.66. The molecule has 1 N–H and O–H groups in total. The molecule has 23 heavy (non-hydrogen) atoms. The van der Waals surface area contributed by atoms with Crippen LogP contribution < -0.4 is 10.2 Å². The second-order valence-electron chi connectivity index (χ2n) is 5.01. The third-order valence-corrected chi connectivity index (χ3v) is 5.42. The number of carbonyl (C=O) groups is 1. The van der Waals surface area contributed by atoms with Crippen molar-refractivity contribution in [1.29, 1.82) is 0 Å². The van der Waals surface area contributed by atoms with Gasteiger partial charge in [0.2, 0.25) is 11.0 Å². The van der Waals surface area contributed by atoms with Crippen molar-refractivity contribution in [3.8, 4) is 0 Å². The van der Waals surface area contributed by atoms with Crippen LogP contribution in [-0.2, 0) is 4.79 Å². The number of aromatic nitrogens is 2. The topological polar surface area (TPSA) is 58.1 Å². The molecule has 1 fully saturated rings. The minimum atomic E-state index is -0.669. The summed E-state index contributed by atoms with van der Waals surface area (Å²) in [6.45, 7) is 1.97. The van der Waals surface area contributed by atoms with Crippen molar-refractivity contribution in [1.82, 2.24) is 10.2 Å². The molecule has 0 aliphatic carbocycles. The van der Waals surface area contributed by atoms with E-state index in [0.29, 0.717) is 4.34 Å². The number of anilines is 2. The Morgan fingerprint density at radius 3 is 2.87 bits per heavy atom. The standard InChI is InChI=1S/C14H14F2N4OS2/c15-9-3-4-10(16)11(7-9)17-12(21)8-22-14-19-18-13(23-14)20-5-1-2-6-20/h3-4,7H,1-2,5-6,8H2,(H,17,21). The molecule has 1 amide bonds. The lowest BCUT2D eigenvalue weighted by Crippen LogP contribution is -2.17. The van der Waals surface area contributed by atoms with Crippen LogP contribution in [0.5, 0.6) is 0 Å². The second-order valence-corrected chi connectivity index (χ2v) is 7.18. The number of thioether (sulfide) groups is 1. The number of benzene rings is 1. The summed E-state index contributed by atoms with van der Waals surface area (Å²) in [5.41, 5.74) is -0.161. The predicted octanol–water partition coefficient (Wildman–Crippen LogP) is 3.15. The summed E-state index contributed by atoms with van der Waals surface area (Å²) in [5.74, 6) is -1.63. The van der Waals surface area contributed by atoms with Crippen LogP contribution in [0.3, 0.4) is 0 Å². The molecule has 0 radical (unpaired) electrons. The minimum Gasteiger partial charge on any atom is -0.347 e. The Bertz CT molecular complexity index is 704. The predicted molar refractivity (Wildman–Crippen MR) is 87.1 cm³/mol. The van der Waals surface area contributed by atoms with E-state index in [1.807, 2.05) is 0 Å². The Hall–Kier alpha value is -1.74. The van der Waals surface area contributed by atoms with Gasteiger partial charge in [-0.15, -0.1) is 10.2 Å². The van der Waals surface area contributed by atoms with Gasteiger partial charge >= 0.3 is 0 Å². The molecule has 3 rings (SSSR count). The molecule has 0 bridgehead atoms. The van der Waals surface area contributed by atoms with Gasteiger partial charge in [-0.05, 0) is 25.0 Å². The number of hydrogen-bond acceptors (Lipinski definition) is 6. The van der Waals surface area contributed by atoms with Crippen molar-refractivity contribution >= 4 is 39.8 Å². The average molecular weight is 356 g/mol. The van der Waals surface area contributed by atoms with E-state index in [2.05, 4.69) is 20.4 Å². The normalized spacial score (nSPS) is 14.3. The van der Waals surface area contributed by atoms with E-state index in [9.17, 15) is 13.6 Å². The molecule has 0 atom stereocenters. The van der Waals surface area contributed by atoms with Gasteiger partial charge in [0.05, 0.1) is 11.4 Å². The first-order valence-electron chi connectivity index (χ1n) is 7.08. The molecule has 122 valence electrons. The molecule has 2 aromatic rings. The number of carbonyl (C=O) groups excluding carboxylic acids is 1. The fourth-order valence-corrected chi connectivity index (χ4v) is 3.90. The molecule has 1 aromatic heterocycles. The number of hydrogen-bond donors (Lipinski definition) is 1. The van der Waals surface area contributed by atoms with E-state index in [4.69, 9.17) is 0 Å². The lowest BCUT2D eigenvalue weighted by Gasteiger charge is -2.10. The van der Waals surface area contributed by atoms with Crippen LogP contribution in [0, 0.1) is 11.6 Å². The molecule has 2 heterocycles. The first-order chi connectivity index (χ1) is 11.1. The highest BCUT2D eigenvalue weighted by molar-refractivity contribution is 8.01. The summed E-state index contributed by atoms with van der Waals surface area (Å²) in [5, 5.41) is 11.4. The summed E-state index contributed by atoms with van der Waals surface area (Å²) in [6.07, 6.45) is 2.31. The van der Waals surface area contributed by atoms with Gasteiger partial charge in [0.15, 0.2) is 4.34 Å². The zero-order valence-corrected chi connectivity index (χ0v) is 13.7. The summed E-state index contributed by atoms with van der Waals surface area (Å²) in [6, 6.07) is 2.93. The monoisotopic (exact) mass is 356 g/mol.